The molecule has 1 aliphatic heterocycles. The maximum Gasteiger partial charge on any atom is 0.148 e. The van der Waals surface area contributed by atoms with Crippen LogP contribution < -0.4 is 4.74 Å². The zero-order valence-corrected chi connectivity index (χ0v) is 27.8. The van der Waals surface area contributed by atoms with Crippen LogP contribution in [0.15, 0.2) is 48.9 Å². The van der Waals surface area contributed by atoms with Crippen molar-refractivity contribution in [2.75, 3.05) is 33.4 Å². The van der Waals surface area contributed by atoms with Gasteiger partial charge in [-0.1, -0.05) is 31.2 Å². The van der Waals surface area contributed by atoms with Crippen LogP contribution in [0.5, 0.6) is 11.5 Å². The fraction of sp³-hybridized carbons (Fsp3) is 0.438. The minimum Gasteiger partial charge on any atom is -0.456 e. The van der Waals surface area contributed by atoms with Crippen molar-refractivity contribution in [1.82, 2.24) is 34.2 Å². The van der Waals surface area contributed by atoms with Gasteiger partial charge < -0.3 is 18.8 Å². The Morgan fingerprint density at radius 3 is 2.68 bits per heavy atom. The molecule has 2 aromatic carbocycles. The number of halogens is 1. The molecule has 0 amide bonds. The lowest BCUT2D eigenvalue weighted by molar-refractivity contribution is 0.0885. The van der Waals surface area contributed by atoms with Gasteiger partial charge in [0.1, 0.15) is 34.6 Å². The molecule has 0 N–H and O–H groups in total. The van der Waals surface area contributed by atoms with E-state index in [1.807, 2.05) is 54.3 Å². The molecule has 1 aliphatic rings. The molecule has 1 fully saturated rings. The number of hydrogen-bond donors (Lipinski definition) is 0. The van der Waals surface area contributed by atoms with Crippen LogP contribution in [0.1, 0.15) is 12.2 Å². The maximum atomic E-state index is 6.88. The number of aryl methyl sites for hydroxylation is 1. The molecular formula is C32H40ClN7O3Si. The topological polar surface area (TPSA) is 92.3 Å². The summed E-state index contributed by atoms with van der Waals surface area (Å²) < 4.78 is 21.8. The van der Waals surface area contributed by atoms with Crippen LogP contribution in [-0.2, 0) is 22.7 Å². The first-order valence-corrected chi connectivity index (χ1v) is 19.2. The number of aromatic nitrogens is 6. The van der Waals surface area contributed by atoms with Crippen molar-refractivity contribution in [2.45, 2.75) is 58.4 Å². The van der Waals surface area contributed by atoms with E-state index in [4.69, 9.17) is 35.8 Å². The van der Waals surface area contributed by atoms with Gasteiger partial charge >= 0.3 is 0 Å². The molecular weight excluding hydrogens is 594 g/mol. The standard InChI is InChI=1S/C32H40ClN7O3Si/c1-22-36-26-7-6-24(16-29(26)40(22)21-42-14-15-44(3,4)5)43-30-9-8-27-32(31(30)33)37-28(18-34-27)23-17-35-39(19-23)13-12-38-11-10-25(20-38)41-2/h6-9,16-19,25H,10-15,20-21H2,1-5H3. The highest BCUT2D eigenvalue weighted by atomic mass is 35.5. The van der Waals surface area contributed by atoms with E-state index in [1.54, 1.807) is 13.3 Å². The van der Waals surface area contributed by atoms with Gasteiger partial charge in [-0.15, -0.1) is 0 Å². The number of fused-ring (bicyclic) bond motifs is 2. The molecule has 10 nitrogen and oxygen atoms in total. The third-order valence-electron chi connectivity index (χ3n) is 8.11. The maximum absolute atomic E-state index is 6.88. The fourth-order valence-corrected chi connectivity index (χ4v) is 6.41. The van der Waals surface area contributed by atoms with E-state index in [0.717, 1.165) is 67.7 Å². The molecule has 1 unspecified atom stereocenters. The number of benzene rings is 2. The molecule has 0 aliphatic carbocycles. The van der Waals surface area contributed by atoms with Crippen molar-refractivity contribution >= 4 is 41.7 Å². The van der Waals surface area contributed by atoms with Gasteiger partial charge in [-0.05, 0) is 43.7 Å². The summed E-state index contributed by atoms with van der Waals surface area (Å²) in [5, 5.41) is 4.96. The normalized spacial score (nSPS) is 16.0. The summed E-state index contributed by atoms with van der Waals surface area (Å²) in [4.78, 5) is 16.6. The van der Waals surface area contributed by atoms with Crippen molar-refractivity contribution in [1.29, 1.82) is 0 Å². The predicted molar refractivity (Wildman–Crippen MR) is 176 cm³/mol. The number of imidazole rings is 1. The van der Waals surface area contributed by atoms with Crippen LogP contribution in [-0.4, -0.2) is 81.7 Å². The molecule has 6 rings (SSSR count). The molecule has 12 heteroatoms. The quantitative estimate of drug-likeness (QED) is 0.112. The average Bonchev–Trinajstić information content (AvgIpc) is 3.74. The molecule has 1 atom stereocenters. The second kappa shape index (κ2) is 12.9. The Morgan fingerprint density at radius 2 is 1.89 bits per heavy atom. The van der Waals surface area contributed by atoms with Crippen LogP contribution >= 0.6 is 11.6 Å². The largest absolute Gasteiger partial charge is 0.456 e. The fourth-order valence-electron chi connectivity index (χ4n) is 5.41. The summed E-state index contributed by atoms with van der Waals surface area (Å²) in [7, 11) is 0.623. The molecule has 3 aromatic heterocycles. The molecule has 0 bridgehead atoms. The van der Waals surface area contributed by atoms with E-state index in [-0.39, 0.29) is 0 Å². The van der Waals surface area contributed by atoms with Gasteiger partial charge in [0, 0.05) is 59.3 Å². The second-order valence-electron chi connectivity index (χ2n) is 12.6. The Labute approximate surface area is 263 Å². The smallest absolute Gasteiger partial charge is 0.148 e. The zero-order valence-electron chi connectivity index (χ0n) is 26.1. The third kappa shape index (κ3) is 6.97. The van der Waals surface area contributed by atoms with Crippen LogP contribution in [0.3, 0.4) is 0 Å². The Balaban J connectivity index is 1.17. The van der Waals surface area contributed by atoms with E-state index in [9.17, 15) is 0 Å². The SMILES string of the molecule is COC1CCN(CCn2cc(-c3cnc4ccc(Oc5ccc6nc(C)n(COCC[Si](C)(C)C)c6c5)c(Cl)c4n3)cn2)C1. The molecule has 0 saturated carbocycles. The van der Waals surface area contributed by atoms with Crippen LogP contribution in [0.25, 0.3) is 33.3 Å². The molecule has 44 heavy (non-hydrogen) atoms. The van der Waals surface area contributed by atoms with E-state index < -0.39 is 8.07 Å². The van der Waals surface area contributed by atoms with E-state index in [0.29, 0.717) is 46.1 Å². The van der Waals surface area contributed by atoms with Gasteiger partial charge in [-0.3, -0.25) is 14.6 Å². The minimum atomic E-state index is -1.16. The first-order chi connectivity index (χ1) is 21.2. The first kappa shape index (κ1) is 30.7. The monoisotopic (exact) mass is 633 g/mol. The summed E-state index contributed by atoms with van der Waals surface area (Å²) in [6.45, 7) is 14.0. The first-order valence-electron chi connectivity index (χ1n) is 15.1. The van der Waals surface area contributed by atoms with Gasteiger partial charge in [0.05, 0.1) is 47.3 Å². The Bertz CT molecular complexity index is 1770. The zero-order chi connectivity index (χ0) is 30.8. The van der Waals surface area contributed by atoms with Crippen molar-refractivity contribution in [2.24, 2.45) is 0 Å². The minimum absolute atomic E-state index is 0.328. The number of rotatable bonds is 12. The molecule has 1 saturated heterocycles. The summed E-state index contributed by atoms with van der Waals surface area (Å²) in [6, 6.07) is 10.7. The highest BCUT2D eigenvalue weighted by Crippen LogP contribution is 2.36. The van der Waals surface area contributed by atoms with Crippen molar-refractivity contribution in [3.8, 4) is 22.8 Å². The Morgan fingerprint density at radius 1 is 1.05 bits per heavy atom. The summed E-state index contributed by atoms with van der Waals surface area (Å²) in [5.41, 5.74) is 4.71. The molecule has 0 radical (unpaired) electrons. The van der Waals surface area contributed by atoms with Gasteiger partial charge in [-0.2, -0.15) is 5.10 Å². The van der Waals surface area contributed by atoms with Crippen LogP contribution in [0.2, 0.25) is 30.7 Å². The highest BCUT2D eigenvalue weighted by Gasteiger charge is 2.22. The Kier molecular flexibility index (Phi) is 9.02. The molecule has 5 aromatic rings. The van der Waals surface area contributed by atoms with Gasteiger partial charge in [0.15, 0.2) is 0 Å². The molecule has 232 valence electrons. The number of likely N-dealkylation sites (tertiary alicyclic amines) is 1. The number of ether oxygens (including phenoxy) is 3. The van der Waals surface area contributed by atoms with E-state index in [2.05, 4.69) is 39.2 Å². The summed E-state index contributed by atoms with van der Waals surface area (Å²) in [6.07, 6.45) is 6.99. The number of nitrogens with zero attached hydrogens (tertiary/aromatic N) is 7. The van der Waals surface area contributed by atoms with Crippen LogP contribution in [0, 0.1) is 6.92 Å². The highest BCUT2D eigenvalue weighted by molar-refractivity contribution is 6.76. The molecule has 0 spiro atoms. The van der Waals surface area contributed by atoms with E-state index in [1.165, 1.54) is 0 Å². The van der Waals surface area contributed by atoms with Crippen molar-refractivity contribution in [3.63, 3.8) is 0 Å². The van der Waals surface area contributed by atoms with Crippen molar-refractivity contribution in [3.05, 3.63) is 59.8 Å². The summed E-state index contributed by atoms with van der Waals surface area (Å²) >= 11 is 6.88. The van der Waals surface area contributed by atoms with Crippen molar-refractivity contribution < 1.29 is 14.2 Å². The summed E-state index contributed by atoms with van der Waals surface area (Å²) in [5.74, 6) is 2.06. The van der Waals surface area contributed by atoms with Gasteiger partial charge in [0.25, 0.3) is 0 Å². The lowest BCUT2D eigenvalue weighted by Gasteiger charge is -2.16. The number of methoxy groups -OCH3 is 1. The Hall–Kier alpha value is -3.35. The lowest BCUT2D eigenvalue weighted by Crippen LogP contribution is -2.26. The van der Waals surface area contributed by atoms with Gasteiger partial charge in [-0.25, -0.2) is 9.97 Å². The third-order valence-corrected chi connectivity index (χ3v) is 10.2. The van der Waals surface area contributed by atoms with Gasteiger partial charge in [0.2, 0.25) is 0 Å². The van der Waals surface area contributed by atoms with E-state index >= 15 is 0 Å². The number of hydrogen-bond acceptors (Lipinski definition) is 8. The van der Waals surface area contributed by atoms with Crippen LogP contribution in [0.4, 0.5) is 0 Å². The average molecular weight is 634 g/mol. The lowest BCUT2D eigenvalue weighted by atomic mass is 10.2. The molecule has 4 heterocycles. The second-order valence-corrected chi connectivity index (χ2v) is 18.6. The predicted octanol–water partition coefficient (Wildman–Crippen LogP) is 6.63.